The smallest absolute Gasteiger partial charge is 0.237 e. The molecule has 0 N–H and O–H groups in total. The van der Waals surface area contributed by atoms with Gasteiger partial charge in [-0.3, -0.25) is 4.79 Å². The highest BCUT2D eigenvalue weighted by Gasteiger charge is 2.23. The van der Waals surface area contributed by atoms with Crippen molar-refractivity contribution in [2.45, 2.75) is 12.2 Å². The summed E-state index contributed by atoms with van der Waals surface area (Å²) >= 11 is 3.30. The maximum absolute atomic E-state index is 12.5. The van der Waals surface area contributed by atoms with Gasteiger partial charge in [-0.25, -0.2) is 4.98 Å². The summed E-state index contributed by atoms with van der Waals surface area (Å²) in [6.07, 6.45) is 0.957. The molecular weight excluding hydrogens is 348 g/mol. The average Bonchev–Trinajstić information content (AvgIpc) is 3.29. The number of aromatic nitrogens is 1. The molecule has 0 unspecified atom stereocenters. The van der Waals surface area contributed by atoms with Gasteiger partial charge in [-0.2, -0.15) is 0 Å². The minimum Gasteiger partial charge on any atom is -0.311 e. The van der Waals surface area contributed by atoms with Gasteiger partial charge >= 0.3 is 0 Å². The van der Waals surface area contributed by atoms with Crippen LogP contribution in [0, 0.1) is 0 Å². The van der Waals surface area contributed by atoms with E-state index in [1.807, 2.05) is 41.3 Å². The zero-order valence-corrected chi connectivity index (χ0v) is 15.4. The van der Waals surface area contributed by atoms with Gasteiger partial charge in [0.05, 0.1) is 11.4 Å². The van der Waals surface area contributed by atoms with Crippen LogP contribution in [0.2, 0.25) is 0 Å². The molecule has 4 rings (SSSR count). The lowest BCUT2D eigenvalue weighted by molar-refractivity contribution is -0.116. The van der Waals surface area contributed by atoms with Crippen LogP contribution in [-0.4, -0.2) is 23.2 Å². The number of thiazole rings is 1. The van der Waals surface area contributed by atoms with Crippen LogP contribution in [0.3, 0.4) is 0 Å². The number of hydrogen-bond acceptors (Lipinski definition) is 4. The van der Waals surface area contributed by atoms with Crippen LogP contribution in [0.5, 0.6) is 0 Å². The fourth-order valence-corrected chi connectivity index (χ4v) is 4.73. The summed E-state index contributed by atoms with van der Waals surface area (Å²) in [6, 6.07) is 18.4. The SMILES string of the molecule is O=C(CSCc1csc(-c2ccccc2)n1)N1CCc2ccccc21. The first kappa shape index (κ1) is 16.4. The Morgan fingerprint density at radius 2 is 1.92 bits per heavy atom. The van der Waals surface area contributed by atoms with Crippen molar-refractivity contribution in [2.24, 2.45) is 0 Å². The van der Waals surface area contributed by atoms with Gasteiger partial charge in [0.2, 0.25) is 5.91 Å². The van der Waals surface area contributed by atoms with Crippen LogP contribution in [-0.2, 0) is 17.0 Å². The van der Waals surface area contributed by atoms with E-state index in [0.29, 0.717) is 5.75 Å². The van der Waals surface area contributed by atoms with Crippen LogP contribution in [0.4, 0.5) is 5.69 Å². The maximum Gasteiger partial charge on any atom is 0.237 e. The van der Waals surface area contributed by atoms with Crippen molar-refractivity contribution < 1.29 is 4.79 Å². The number of thioether (sulfide) groups is 1. The Morgan fingerprint density at radius 3 is 2.80 bits per heavy atom. The third-order valence-corrected chi connectivity index (χ3v) is 6.13. The Bertz CT molecular complexity index is 876. The van der Waals surface area contributed by atoms with E-state index in [1.165, 1.54) is 5.56 Å². The molecule has 0 bridgehead atoms. The van der Waals surface area contributed by atoms with Crippen LogP contribution in [0.1, 0.15) is 11.3 Å². The second kappa shape index (κ2) is 7.42. The lowest BCUT2D eigenvalue weighted by atomic mass is 10.2. The summed E-state index contributed by atoms with van der Waals surface area (Å²) in [7, 11) is 0. The predicted octanol–water partition coefficient (Wildman–Crippen LogP) is 4.63. The Morgan fingerprint density at radius 1 is 1.12 bits per heavy atom. The third kappa shape index (κ3) is 3.62. The van der Waals surface area contributed by atoms with Gasteiger partial charge in [-0.05, 0) is 18.1 Å². The molecule has 2 aromatic carbocycles. The van der Waals surface area contributed by atoms with E-state index < -0.39 is 0 Å². The first-order valence-electron chi connectivity index (χ1n) is 8.27. The first-order chi connectivity index (χ1) is 12.3. The van der Waals surface area contributed by atoms with Crippen molar-refractivity contribution in [2.75, 3.05) is 17.2 Å². The van der Waals surface area contributed by atoms with Crippen molar-refractivity contribution in [3.63, 3.8) is 0 Å². The number of fused-ring (bicyclic) bond motifs is 1. The van der Waals surface area contributed by atoms with Crippen molar-refractivity contribution in [3.05, 3.63) is 71.2 Å². The molecule has 0 saturated carbocycles. The number of amides is 1. The highest BCUT2D eigenvalue weighted by molar-refractivity contribution is 7.99. The minimum absolute atomic E-state index is 0.188. The molecule has 0 aliphatic carbocycles. The van der Waals surface area contributed by atoms with Gasteiger partial charge in [-0.1, -0.05) is 48.5 Å². The molecular formula is C20H18N2OS2. The molecule has 5 heteroatoms. The second-order valence-corrected chi connectivity index (χ2v) is 7.77. The van der Waals surface area contributed by atoms with Gasteiger partial charge in [0.1, 0.15) is 5.01 Å². The summed E-state index contributed by atoms with van der Waals surface area (Å²) in [5.41, 5.74) is 4.54. The number of hydrogen-bond donors (Lipinski definition) is 0. The Labute approximate surface area is 155 Å². The number of anilines is 1. The van der Waals surface area contributed by atoms with Crippen molar-refractivity contribution in [1.29, 1.82) is 0 Å². The van der Waals surface area contributed by atoms with Crippen LogP contribution < -0.4 is 4.90 Å². The molecule has 0 radical (unpaired) electrons. The highest BCUT2D eigenvalue weighted by Crippen LogP contribution is 2.29. The van der Waals surface area contributed by atoms with E-state index in [0.717, 1.165) is 40.7 Å². The molecule has 0 saturated heterocycles. The molecule has 1 aromatic heterocycles. The first-order valence-corrected chi connectivity index (χ1v) is 10.3. The second-order valence-electron chi connectivity index (χ2n) is 5.93. The molecule has 3 nitrogen and oxygen atoms in total. The number of benzene rings is 2. The lowest BCUT2D eigenvalue weighted by Gasteiger charge is -2.16. The van der Waals surface area contributed by atoms with Crippen molar-refractivity contribution in [3.8, 4) is 10.6 Å². The topological polar surface area (TPSA) is 33.2 Å². The molecule has 3 aromatic rings. The quantitative estimate of drug-likeness (QED) is 0.660. The molecule has 1 aliphatic rings. The Kier molecular flexibility index (Phi) is 4.85. The van der Waals surface area contributed by atoms with E-state index in [4.69, 9.17) is 0 Å². The van der Waals surface area contributed by atoms with E-state index in [9.17, 15) is 4.79 Å². The van der Waals surface area contributed by atoms with Gasteiger partial charge in [0.25, 0.3) is 0 Å². The van der Waals surface area contributed by atoms with Crippen LogP contribution in [0.25, 0.3) is 10.6 Å². The highest BCUT2D eigenvalue weighted by atomic mass is 32.2. The largest absolute Gasteiger partial charge is 0.311 e. The van der Waals surface area contributed by atoms with Gasteiger partial charge in [0, 0.05) is 28.9 Å². The van der Waals surface area contributed by atoms with Crippen LogP contribution in [0.15, 0.2) is 60.0 Å². The Balaban J connectivity index is 1.33. The molecule has 0 spiro atoms. The number of nitrogens with zero attached hydrogens (tertiary/aromatic N) is 2. The summed E-state index contributed by atoms with van der Waals surface area (Å²) in [5, 5.41) is 3.13. The molecule has 1 amide bonds. The summed E-state index contributed by atoms with van der Waals surface area (Å²) < 4.78 is 0. The zero-order valence-electron chi connectivity index (χ0n) is 13.7. The Hall–Kier alpha value is -2.11. The van der Waals surface area contributed by atoms with E-state index in [2.05, 4.69) is 28.6 Å². The molecule has 126 valence electrons. The zero-order chi connectivity index (χ0) is 17.1. The van der Waals surface area contributed by atoms with E-state index in [1.54, 1.807) is 23.1 Å². The number of carbonyl (C=O) groups excluding carboxylic acids is 1. The summed E-state index contributed by atoms with van der Waals surface area (Å²) in [6.45, 7) is 0.799. The van der Waals surface area contributed by atoms with Gasteiger partial charge in [-0.15, -0.1) is 23.1 Å². The monoisotopic (exact) mass is 366 g/mol. The van der Waals surface area contributed by atoms with Gasteiger partial charge < -0.3 is 4.90 Å². The number of para-hydroxylation sites is 1. The van der Waals surface area contributed by atoms with Crippen molar-refractivity contribution in [1.82, 2.24) is 4.98 Å². The lowest BCUT2D eigenvalue weighted by Crippen LogP contribution is -2.30. The van der Waals surface area contributed by atoms with Gasteiger partial charge in [0.15, 0.2) is 0 Å². The minimum atomic E-state index is 0.188. The average molecular weight is 367 g/mol. The normalized spacial score (nSPS) is 13.0. The van der Waals surface area contributed by atoms with Crippen LogP contribution >= 0.6 is 23.1 Å². The molecule has 1 aliphatic heterocycles. The third-order valence-electron chi connectivity index (χ3n) is 4.24. The molecule has 0 fully saturated rings. The van der Waals surface area contributed by atoms with E-state index >= 15 is 0 Å². The fraction of sp³-hybridized carbons (Fsp3) is 0.200. The predicted molar refractivity (Wildman–Crippen MR) is 106 cm³/mol. The number of carbonyl (C=O) groups is 1. The molecule has 25 heavy (non-hydrogen) atoms. The standard InChI is InChI=1S/C20H18N2OS2/c23-19(22-11-10-15-6-4-5-9-18(15)22)14-24-12-17-13-25-20(21-17)16-7-2-1-3-8-16/h1-9,13H,10-12,14H2. The molecule has 2 heterocycles. The summed E-state index contributed by atoms with van der Waals surface area (Å²) in [5.74, 6) is 1.45. The maximum atomic E-state index is 12.5. The fourth-order valence-electron chi connectivity index (χ4n) is 3.00. The summed E-state index contributed by atoms with van der Waals surface area (Å²) in [4.78, 5) is 19.1. The number of rotatable bonds is 5. The molecule has 0 atom stereocenters. The van der Waals surface area contributed by atoms with Crippen molar-refractivity contribution >= 4 is 34.7 Å². The van der Waals surface area contributed by atoms with E-state index in [-0.39, 0.29) is 5.91 Å².